The number of nitrogens with one attached hydrogen (secondary N) is 1. The molecule has 0 amide bonds. The number of rotatable bonds is 4. The molecule has 1 aliphatic rings. The summed E-state index contributed by atoms with van der Waals surface area (Å²) in [5.41, 5.74) is 1.14. The minimum absolute atomic E-state index is 0.673. The Hall–Kier alpha value is -0.230. The van der Waals surface area contributed by atoms with Crippen molar-refractivity contribution in [2.45, 2.75) is 12.5 Å². The summed E-state index contributed by atoms with van der Waals surface area (Å²) in [6.07, 6.45) is 1.05. The summed E-state index contributed by atoms with van der Waals surface area (Å²) in [4.78, 5) is 4.68. The Morgan fingerprint density at radius 3 is 2.74 bits per heavy atom. The molecule has 1 saturated heterocycles. The van der Waals surface area contributed by atoms with E-state index in [2.05, 4.69) is 58.1 Å². The number of thiazole rings is 1. The molecule has 0 saturated carbocycles. The van der Waals surface area contributed by atoms with Gasteiger partial charge in [0.25, 0.3) is 0 Å². The first-order valence-corrected chi connectivity index (χ1v) is 9.78. The molecule has 1 aromatic carbocycles. The van der Waals surface area contributed by atoms with Crippen LogP contribution in [0.1, 0.15) is 5.01 Å². The SMILES string of the molecule is c1ccc2sc(CCNC3CSCCSC3)nc2c1. The molecule has 0 spiro atoms. The van der Waals surface area contributed by atoms with Gasteiger partial charge >= 0.3 is 0 Å². The van der Waals surface area contributed by atoms with Crippen molar-refractivity contribution in [1.82, 2.24) is 10.3 Å². The van der Waals surface area contributed by atoms with Crippen LogP contribution in [0.4, 0.5) is 0 Å². The molecule has 19 heavy (non-hydrogen) atoms. The molecule has 0 bridgehead atoms. The molecule has 2 aromatic rings. The van der Waals surface area contributed by atoms with Crippen LogP contribution >= 0.6 is 34.9 Å². The monoisotopic (exact) mass is 310 g/mol. The van der Waals surface area contributed by atoms with Crippen molar-refractivity contribution in [3.05, 3.63) is 29.3 Å². The zero-order chi connectivity index (χ0) is 12.9. The van der Waals surface area contributed by atoms with Gasteiger partial charge in [-0.2, -0.15) is 23.5 Å². The molecule has 0 unspecified atom stereocenters. The number of nitrogens with zero attached hydrogens (tertiary/aromatic N) is 1. The Morgan fingerprint density at radius 2 is 1.95 bits per heavy atom. The standard InChI is InChI=1S/C14H18N2S3/c1-2-4-13-12(3-1)16-14(19-13)5-6-15-11-9-17-7-8-18-10-11/h1-4,11,15H,5-10H2. The lowest BCUT2D eigenvalue weighted by Crippen LogP contribution is -2.34. The van der Waals surface area contributed by atoms with Crippen LogP contribution in [-0.2, 0) is 6.42 Å². The van der Waals surface area contributed by atoms with Gasteiger partial charge in [0.2, 0.25) is 0 Å². The lowest BCUT2D eigenvalue weighted by molar-refractivity contribution is 0.604. The number of aromatic nitrogens is 1. The van der Waals surface area contributed by atoms with Crippen LogP contribution in [0.2, 0.25) is 0 Å². The van der Waals surface area contributed by atoms with Gasteiger partial charge in [0.05, 0.1) is 15.2 Å². The zero-order valence-corrected chi connectivity index (χ0v) is 13.3. The van der Waals surface area contributed by atoms with Crippen molar-refractivity contribution in [1.29, 1.82) is 0 Å². The fourth-order valence-corrected chi connectivity index (χ4v) is 5.58. The number of thioether (sulfide) groups is 2. The van der Waals surface area contributed by atoms with Crippen LogP contribution in [0.3, 0.4) is 0 Å². The second-order valence-corrected chi connectivity index (χ2v) is 8.04. The van der Waals surface area contributed by atoms with Crippen LogP contribution < -0.4 is 5.32 Å². The van der Waals surface area contributed by atoms with Crippen LogP contribution in [0.15, 0.2) is 24.3 Å². The Bertz CT molecular complexity index is 485. The summed E-state index contributed by atoms with van der Waals surface area (Å²) in [7, 11) is 0. The van der Waals surface area contributed by atoms with E-state index in [1.165, 1.54) is 32.7 Å². The van der Waals surface area contributed by atoms with E-state index in [0.717, 1.165) is 18.5 Å². The molecule has 0 aliphatic carbocycles. The van der Waals surface area contributed by atoms with Crippen molar-refractivity contribution in [2.24, 2.45) is 0 Å². The number of hydrogen-bond donors (Lipinski definition) is 1. The third-order valence-electron chi connectivity index (χ3n) is 3.12. The highest BCUT2D eigenvalue weighted by Gasteiger charge is 2.12. The fourth-order valence-electron chi connectivity index (χ4n) is 2.15. The Labute approximate surface area is 126 Å². The molecule has 3 rings (SSSR count). The predicted molar refractivity (Wildman–Crippen MR) is 89.8 cm³/mol. The zero-order valence-electron chi connectivity index (χ0n) is 10.8. The highest BCUT2D eigenvalue weighted by molar-refractivity contribution is 8.03. The molecule has 1 fully saturated rings. The minimum Gasteiger partial charge on any atom is -0.312 e. The van der Waals surface area contributed by atoms with Gasteiger partial charge in [-0.15, -0.1) is 11.3 Å². The molecule has 102 valence electrons. The van der Waals surface area contributed by atoms with Gasteiger partial charge < -0.3 is 5.32 Å². The lowest BCUT2D eigenvalue weighted by Gasteiger charge is -2.14. The summed E-state index contributed by atoms with van der Waals surface area (Å²) >= 11 is 5.98. The minimum atomic E-state index is 0.673. The van der Waals surface area contributed by atoms with Gasteiger partial charge in [-0.25, -0.2) is 4.98 Å². The van der Waals surface area contributed by atoms with E-state index in [4.69, 9.17) is 0 Å². The molecule has 1 aromatic heterocycles. The first-order chi connectivity index (χ1) is 9.42. The maximum atomic E-state index is 4.68. The average Bonchev–Trinajstić information content (AvgIpc) is 2.66. The molecule has 0 radical (unpaired) electrons. The van der Waals surface area contributed by atoms with Gasteiger partial charge in [0.15, 0.2) is 0 Å². The molecule has 1 aliphatic heterocycles. The highest BCUT2D eigenvalue weighted by Crippen LogP contribution is 2.22. The van der Waals surface area contributed by atoms with Crippen molar-refractivity contribution in [3.63, 3.8) is 0 Å². The molecule has 1 N–H and O–H groups in total. The van der Waals surface area contributed by atoms with Gasteiger partial charge in [-0.05, 0) is 12.1 Å². The Balaban J connectivity index is 1.51. The third kappa shape index (κ3) is 3.88. The second-order valence-electron chi connectivity index (χ2n) is 4.63. The van der Waals surface area contributed by atoms with E-state index >= 15 is 0 Å². The van der Waals surface area contributed by atoms with E-state index in [9.17, 15) is 0 Å². The molecule has 2 nitrogen and oxygen atoms in total. The largest absolute Gasteiger partial charge is 0.312 e. The summed E-state index contributed by atoms with van der Waals surface area (Å²) in [6, 6.07) is 9.07. The number of para-hydroxylation sites is 1. The number of benzene rings is 1. The fraction of sp³-hybridized carbons (Fsp3) is 0.500. The van der Waals surface area contributed by atoms with E-state index in [1.54, 1.807) is 0 Å². The van der Waals surface area contributed by atoms with Gasteiger partial charge in [0.1, 0.15) is 0 Å². The van der Waals surface area contributed by atoms with Crippen LogP contribution in [0, 0.1) is 0 Å². The predicted octanol–water partition coefficient (Wildman–Crippen LogP) is 3.28. The van der Waals surface area contributed by atoms with Crippen molar-refractivity contribution >= 4 is 45.1 Å². The Kier molecular flexibility index (Phi) is 5.04. The maximum Gasteiger partial charge on any atom is 0.0951 e. The number of fused-ring (bicyclic) bond motifs is 1. The number of hydrogen-bond acceptors (Lipinski definition) is 5. The summed E-state index contributed by atoms with van der Waals surface area (Å²) in [5, 5.41) is 4.93. The summed E-state index contributed by atoms with van der Waals surface area (Å²) in [5.74, 6) is 5.13. The Morgan fingerprint density at radius 1 is 1.16 bits per heavy atom. The van der Waals surface area contributed by atoms with Crippen LogP contribution in [0.5, 0.6) is 0 Å². The van der Waals surface area contributed by atoms with Crippen molar-refractivity contribution in [2.75, 3.05) is 29.6 Å². The van der Waals surface area contributed by atoms with Gasteiger partial charge in [0, 0.05) is 42.0 Å². The van der Waals surface area contributed by atoms with Gasteiger partial charge in [-0.3, -0.25) is 0 Å². The van der Waals surface area contributed by atoms with E-state index in [-0.39, 0.29) is 0 Å². The smallest absolute Gasteiger partial charge is 0.0951 e. The van der Waals surface area contributed by atoms with Crippen molar-refractivity contribution in [3.8, 4) is 0 Å². The average molecular weight is 311 g/mol. The van der Waals surface area contributed by atoms with E-state index < -0.39 is 0 Å². The van der Waals surface area contributed by atoms with Crippen LogP contribution in [-0.4, -0.2) is 40.6 Å². The molecule has 2 heterocycles. The molecular formula is C14H18N2S3. The normalized spacial score (nSPS) is 17.7. The maximum absolute atomic E-state index is 4.68. The topological polar surface area (TPSA) is 24.9 Å². The van der Waals surface area contributed by atoms with Crippen LogP contribution in [0.25, 0.3) is 10.2 Å². The highest BCUT2D eigenvalue weighted by atomic mass is 32.2. The molecular weight excluding hydrogens is 292 g/mol. The quantitative estimate of drug-likeness (QED) is 0.937. The third-order valence-corrected chi connectivity index (χ3v) is 6.74. The summed E-state index contributed by atoms with van der Waals surface area (Å²) in [6.45, 7) is 1.05. The van der Waals surface area contributed by atoms with E-state index in [0.29, 0.717) is 6.04 Å². The summed E-state index contributed by atoms with van der Waals surface area (Å²) < 4.78 is 1.30. The molecule has 5 heteroatoms. The molecule has 0 atom stereocenters. The van der Waals surface area contributed by atoms with Crippen molar-refractivity contribution < 1.29 is 0 Å². The first kappa shape index (κ1) is 13.7. The van der Waals surface area contributed by atoms with Gasteiger partial charge in [-0.1, -0.05) is 12.1 Å². The lowest BCUT2D eigenvalue weighted by atomic mass is 10.3. The first-order valence-electron chi connectivity index (χ1n) is 6.65. The second kappa shape index (κ2) is 6.97. The van der Waals surface area contributed by atoms with E-state index in [1.807, 2.05) is 11.3 Å².